The molecule has 0 aliphatic carbocycles. The van der Waals surface area contributed by atoms with Gasteiger partial charge >= 0.3 is 12.1 Å². The summed E-state index contributed by atoms with van der Waals surface area (Å²) in [6.45, 7) is 18.2. The van der Waals surface area contributed by atoms with E-state index in [4.69, 9.17) is 13.9 Å². The van der Waals surface area contributed by atoms with Crippen LogP contribution in [0.25, 0.3) is 0 Å². The van der Waals surface area contributed by atoms with E-state index >= 15 is 0 Å². The van der Waals surface area contributed by atoms with Crippen molar-refractivity contribution in [2.24, 2.45) is 0 Å². The number of esters is 1. The number of carbonyl (C=O) groups is 2. The van der Waals surface area contributed by atoms with Gasteiger partial charge in [-0.2, -0.15) is 0 Å². The third-order valence-corrected chi connectivity index (χ3v) is 12.1. The molecule has 1 aliphatic rings. The van der Waals surface area contributed by atoms with Crippen molar-refractivity contribution in [2.45, 2.75) is 83.6 Å². The number of nitrogens with zero attached hydrogens (tertiary/aromatic N) is 1. The standard InChI is InChI=1S/C31H43NO5Si/c1-23(2)20-31(27(33)35-9)21-24(22-32(31)28(34)36-29(3,4)5)37-38(30(6,7)8,25-16-12-10-13-17-25)26-18-14-11-15-19-26/h10-19,24H,1,20-22H2,2-9H3/t24-,31+/m1/s1. The second-order valence-corrected chi connectivity index (χ2v) is 16.6. The molecular weight excluding hydrogens is 494 g/mol. The SMILES string of the molecule is C=C(C)C[C@@]1(C(=O)OC)C[C@@H](O[Si](c2ccccc2)(c2ccccc2)C(C)(C)C)CN1C(=O)OC(C)(C)C. The third kappa shape index (κ3) is 5.89. The van der Waals surface area contributed by atoms with Gasteiger partial charge in [-0.1, -0.05) is 87.0 Å². The van der Waals surface area contributed by atoms with E-state index in [1.54, 1.807) is 0 Å². The van der Waals surface area contributed by atoms with E-state index in [2.05, 4.69) is 51.6 Å². The van der Waals surface area contributed by atoms with E-state index in [0.717, 1.165) is 15.9 Å². The predicted molar refractivity (Wildman–Crippen MR) is 154 cm³/mol. The smallest absolute Gasteiger partial charge is 0.411 e. The minimum absolute atomic E-state index is 0.210. The maximum Gasteiger partial charge on any atom is 0.411 e. The summed E-state index contributed by atoms with van der Waals surface area (Å²) in [4.78, 5) is 28.5. The largest absolute Gasteiger partial charge is 0.467 e. The number of rotatable bonds is 7. The molecule has 7 heteroatoms. The zero-order chi connectivity index (χ0) is 28.4. The lowest BCUT2D eigenvalue weighted by molar-refractivity contribution is -0.153. The van der Waals surface area contributed by atoms with Crippen LogP contribution in [0.15, 0.2) is 72.8 Å². The van der Waals surface area contributed by atoms with Gasteiger partial charge in [-0.25, -0.2) is 9.59 Å². The monoisotopic (exact) mass is 537 g/mol. The average molecular weight is 538 g/mol. The Balaban J connectivity index is 2.17. The molecule has 38 heavy (non-hydrogen) atoms. The first-order valence-electron chi connectivity index (χ1n) is 13.2. The maximum atomic E-state index is 13.5. The van der Waals surface area contributed by atoms with Crippen LogP contribution in [0.3, 0.4) is 0 Å². The Kier molecular flexibility index (Phi) is 8.63. The van der Waals surface area contributed by atoms with Crippen LogP contribution in [0.5, 0.6) is 0 Å². The fourth-order valence-electron chi connectivity index (χ4n) is 5.64. The molecule has 0 saturated carbocycles. The van der Waals surface area contributed by atoms with Gasteiger partial charge < -0.3 is 13.9 Å². The molecule has 0 spiro atoms. The van der Waals surface area contributed by atoms with Crippen LogP contribution in [-0.4, -0.2) is 56.2 Å². The molecule has 1 saturated heterocycles. The van der Waals surface area contributed by atoms with Crippen molar-refractivity contribution in [2.75, 3.05) is 13.7 Å². The van der Waals surface area contributed by atoms with Gasteiger partial charge in [0, 0.05) is 12.8 Å². The van der Waals surface area contributed by atoms with Crippen molar-refractivity contribution in [1.29, 1.82) is 0 Å². The van der Waals surface area contributed by atoms with Crippen LogP contribution in [-0.2, 0) is 18.7 Å². The van der Waals surface area contributed by atoms with Crippen molar-refractivity contribution < 1.29 is 23.5 Å². The number of hydrogen-bond acceptors (Lipinski definition) is 5. The third-order valence-electron chi connectivity index (χ3n) is 7.00. The molecule has 1 fully saturated rings. The molecule has 6 nitrogen and oxygen atoms in total. The van der Waals surface area contributed by atoms with Crippen LogP contribution in [0, 0.1) is 0 Å². The van der Waals surface area contributed by atoms with Crippen molar-refractivity contribution in [1.82, 2.24) is 4.90 Å². The summed E-state index contributed by atoms with van der Waals surface area (Å²) >= 11 is 0. The Morgan fingerprint density at radius 3 is 1.87 bits per heavy atom. The Morgan fingerprint density at radius 2 is 1.47 bits per heavy atom. The molecule has 0 radical (unpaired) electrons. The van der Waals surface area contributed by atoms with E-state index in [0.29, 0.717) is 0 Å². The Labute approximate surface area is 229 Å². The summed E-state index contributed by atoms with van der Waals surface area (Å²) in [7, 11) is -1.57. The lowest BCUT2D eigenvalue weighted by Crippen LogP contribution is -2.67. The second kappa shape index (κ2) is 11.1. The number of ether oxygens (including phenoxy) is 2. The van der Waals surface area contributed by atoms with Crippen LogP contribution in [0.1, 0.15) is 61.3 Å². The Hall–Kier alpha value is -2.90. The van der Waals surface area contributed by atoms with Gasteiger partial charge in [0.05, 0.1) is 19.8 Å². The summed E-state index contributed by atoms with van der Waals surface area (Å²) in [5.41, 5.74) is -1.21. The summed E-state index contributed by atoms with van der Waals surface area (Å²) in [5, 5.41) is 2.02. The molecule has 2 atom stereocenters. The van der Waals surface area contributed by atoms with Gasteiger partial charge in [0.15, 0.2) is 0 Å². The highest BCUT2D eigenvalue weighted by Crippen LogP contribution is 2.43. The first-order chi connectivity index (χ1) is 17.7. The van der Waals surface area contributed by atoms with Crippen molar-refractivity contribution in [3.05, 3.63) is 72.8 Å². The molecule has 3 rings (SSSR count). The van der Waals surface area contributed by atoms with Crippen molar-refractivity contribution in [3.8, 4) is 0 Å². The molecule has 1 aliphatic heterocycles. The van der Waals surface area contributed by atoms with Gasteiger partial charge in [-0.3, -0.25) is 4.90 Å². The van der Waals surface area contributed by atoms with Gasteiger partial charge in [0.1, 0.15) is 11.1 Å². The molecule has 2 aromatic carbocycles. The predicted octanol–water partition coefficient (Wildman–Crippen LogP) is 5.45. The number of likely N-dealkylation sites (tertiary alicyclic amines) is 1. The maximum absolute atomic E-state index is 13.5. The summed E-state index contributed by atoms with van der Waals surface area (Å²) < 4.78 is 18.4. The zero-order valence-electron chi connectivity index (χ0n) is 24.2. The van der Waals surface area contributed by atoms with Gasteiger partial charge in [0.25, 0.3) is 8.32 Å². The minimum atomic E-state index is -2.93. The molecule has 0 aromatic heterocycles. The van der Waals surface area contributed by atoms with E-state index in [-0.39, 0.29) is 24.4 Å². The van der Waals surface area contributed by atoms with Crippen molar-refractivity contribution in [3.63, 3.8) is 0 Å². The number of amides is 1. The first-order valence-corrected chi connectivity index (χ1v) is 15.1. The summed E-state index contributed by atoms with van der Waals surface area (Å²) in [6, 6.07) is 20.7. The second-order valence-electron chi connectivity index (χ2n) is 12.4. The highest BCUT2D eigenvalue weighted by Gasteiger charge is 2.59. The van der Waals surface area contributed by atoms with Gasteiger partial charge in [-0.15, -0.1) is 6.58 Å². The van der Waals surface area contributed by atoms with E-state index in [9.17, 15) is 9.59 Å². The summed E-state index contributed by atoms with van der Waals surface area (Å²) in [6.07, 6.45) is -0.430. The van der Waals surface area contributed by atoms with Gasteiger partial charge in [0.2, 0.25) is 0 Å². The normalized spacial score (nSPS) is 20.2. The summed E-state index contributed by atoms with van der Waals surface area (Å²) in [5.74, 6) is -0.486. The average Bonchev–Trinajstić information content (AvgIpc) is 3.19. The fraction of sp³-hybridized carbons (Fsp3) is 0.484. The molecule has 2 aromatic rings. The number of carbonyl (C=O) groups excluding carboxylic acids is 2. The van der Waals surface area contributed by atoms with Crippen LogP contribution < -0.4 is 10.4 Å². The highest BCUT2D eigenvalue weighted by atomic mass is 28.4. The molecule has 0 unspecified atom stereocenters. The molecule has 1 amide bonds. The van der Waals surface area contributed by atoms with Crippen molar-refractivity contribution >= 4 is 30.8 Å². The first kappa shape index (κ1) is 29.6. The number of methoxy groups -OCH3 is 1. The molecule has 0 bridgehead atoms. The van der Waals surface area contributed by atoms with Crippen LogP contribution in [0.2, 0.25) is 5.04 Å². The molecule has 206 valence electrons. The quantitative estimate of drug-likeness (QED) is 0.267. The molecular formula is C31H43NO5Si. The fourth-order valence-corrected chi connectivity index (χ4v) is 10.3. The Bertz CT molecular complexity index is 1100. The molecule has 0 N–H and O–H groups in total. The zero-order valence-corrected chi connectivity index (χ0v) is 25.2. The Morgan fingerprint density at radius 1 is 0.974 bits per heavy atom. The lowest BCUT2D eigenvalue weighted by Gasteiger charge is -2.44. The highest BCUT2D eigenvalue weighted by molar-refractivity contribution is 6.99. The number of benzene rings is 2. The number of hydrogen-bond donors (Lipinski definition) is 0. The van der Waals surface area contributed by atoms with Crippen LogP contribution in [0.4, 0.5) is 4.79 Å². The van der Waals surface area contributed by atoms with Crippen LogP contribution >= 0.6 is 0 Å². The lowest BCUT2D eigenvalue weighted by atomic mass is 9.88. The topological polar surface area (TPSA) is 65.1 Å². The minimum Gasteiger partial charge on any atom is -0.467 e. The van der Waals surface area contributed by atoms with Gasteiger partial charge in [-0.05, 0) is 43.1 Å². The molecule has 1 heterocycles. The van der Waals surface area contributed by atoms with E-state index < -0.39 is 37.6 Å². The van der Waals surface area contributed by atoms with E-state index in [1.807, 2.05) is 64.1 Å². The van der Waals surface area contributed by atoms with E-state index in [1.165, 1.54) is 12.0 Å².